The Morgan fingerprint density at radius 1 is 1.33 bits per heavy atom. The number of amides is 2. The van der Waals surface area contributed by atoms with Crippen LogP contribution in [0.15, 0.2) is 29.6 Å². The molecule has 162 valence electrons. The molecule has 3 rings (SSSR count). The number of aromatic nitrogens is 1. The second-order valence-electron chi connectivity index (χ2n) is 8.01. The van der Waals surface area contributed by atoms with E-state index in [4.69, 9.17) is 0 Å². The Bertz CT molecular complexity index is 937. The van der Waals surface area contributed by atoms with Crippen LogP contribution in [0.5, 0.6) is 5.75 Å². The van der Waals surface area contributed by atoms with E-state index in [1.165, 1.54) is 28.4 Å². The Morgan fingerprint density at radius 3 is 2.70 bits per heavy atom. The molecule has 0 saturated carbocycles. The molecule has 1 N–H and O–H groups in total. The zero-order valence-electron chi connectivity index (χ0n) is 16.7. The van der Waals surface area contributed by atoms with Gasteiger partial charge in [0.25, 0.3) is 0 Å². The molecule has 6 nitrogen and oxygen atoms in total. The molecule has 0 spiro atoms. The molecule has 2 heterocycles. The van der Waals surface area contributed by atoms with Crippen LogP contribution in [-0.4, -0.2) is 35.7 Å². The van der Waals surface area contributed by atoms with Crippen LogP contribution in [0.2, 0.25) is 0 Å². The molecule has 30 heavy (non-hydrogen) atoms. The second-order valence-corrected chi connectivity index (χ2v) is 8.87. The number of anilines is 1. The number of nitrogens with one attached hydrogen (secondary N) is 1. The average Bonchev–Trinajstić information content (AvgIpc) is 3.21. The van der Waals surface area contributed by atoms with E-state index in [1.54, 1.807) is 0 Å². The Labute approximate surface area is 176 Å². The smallest absolute Gasteiger partial charge is 0.406 e. The number of nitrogens with zero attached hydrogens (tertiary/aromatic N) is 2. The first-order valence-corrected chi connectivity index (χ1v) is 10.2. The summed E-state index contributed by atoms with van der Waals surface area (Å²) in [6, 6.07) is 4.49. The van der Waals surface area contributed by atoms with Crippen LogP contribution >= 0.6 is 11.3 Å². The highest BCUT2D eigenvalue weighted by molar-refractivity contribution is 7.09. The van der Waals surface area contributed by atoms with Gasteiger partial charge in [-0.2, -0.15) is 0 Å². The van der Waals surface area contributed by atoms with Gasteiger partial charge >= 0.3 is 6.36 Å². The number of thiazole rings is 1. The van der Waals surface area contributed by atoms with Crippen LogP contribution in [0.1, 0.15) is 37.9 Å². The Balaban J connectivity index is 1.61. The minimum atomic E-state index is -4.81. The predicted molar refractivity (Wildman–Crippen MR) is 107 cm³/mol. The quantitative estimate of drug-likeness (QED) is 0.766. The maximum absolute atomic E-state index is 12.7. The molecule has 0 bridgehead atoms. The van der Waals surface area contributed by atoms with E-state index in [0.717, 1.165) is 17.1 Å². The fraction of sp³-hybridized carbons (Fsp3) is 0.450. The lowest BCUT2D eigenvalue weighted by atomic mass is 9.98. The lowest BCUT2D eigenvalue weighted by Gasteiger charge is -2.18. The summed E-state index contributed by atoms with van der Waals surface area (Å²) >= 11 is 1.49. The third-order valence-electron chi connectivity index (χ3n) is 4.44. The maximum atomic E-state index is 12.7. The highest BCUT2D eigenvalue weighted by Crippen LogP contribution is 2.29. The first-order valence-electron chi connectivity index (χ1n) is 9.34. The van der Waals surface area contributed by atoms with Gasteiger partial charge in [0, 0.05) is 29.1 Å². The average molecular weight is 441 g/mol. The molecule has 2 aromatic rings. The van der Waals surface area contributed by atoms with Crippen LogP contribution < -0.4 is 15.0 Å². The molecule has 0 aliphatic carbocycles. The van der Waals surface area contributed by atoms with Gasteiger partial charge in [0.05, 0.1) is 17.1 Å². The Hall–Kier alpha value is -2.62. The lowest BCUT2D eigenvalue weighted by Crippen LogP contribution is -2.42. The lowest BCUT2D eigenvalue weighted by molar-refractivity contribution is -0.274. The third kappa shape index (κ3) is 5.50. The van der Waals surface area contributed by atoms with E-state index >= 15 is 0 Å². The molecular formula is C20H22F3N3O3S. The van der Waals surface area contributed by atoms with Crippen molar-refractivity contribution in [3.63, 3.8) is 0 Å². The topological polar surface area (TPSA) is 71.5 Å². The number of rotatable bonds is 5. The first-order chi connectivity index (χ1) is 13.9. The van der Waals surface area contributed by atoms with E-state index in [9.17, 15) is 22.8 Å². The number of ether oxygens (including phenoxy) is 1. The van der Waals surface area contributed by atoms with Gasteiger partial charge in [-0.1, -0.05) is 26.8 Å². The summed E-state index contributed by atoms with van der Waals surface area (Å²) in [6.07, 6.45) is -4.39. The van der Waals surface area contributed by atoms with Crippen LogP contribution in [0, 0.1) is 0 Å². The molecule has 1 unspecified atom stereocenters. The first kappa shape index (κ1) is 22.1. The van der Waals surface area contributed by atoms with Crippen molar-refractivity contribution in [3.8, 4) is 5.75 Å². The molecule has 1 aliphatic rings. The number of carbonyl (C=O) groups is 2. The van der Waals surface area contributed by atoms with Gasteiger partial charge in [-0.15, -0.1) is 24.5 Å². The maximum Gasteiger partial charge on any atom is 0.573 e. The zero-order chi connectivity index (χ0) is 22.1. The number of benzene rings is 1. The van der Waals surface area contributed by atoms with Crippen LogP contribution in [0.25, 0.3) is 0 Å². The number of hydrogen-bond donors (Lipinski definition) is 1. The molecule has 1 atom stereocenters. The SMILES string of the molecule is CC(C)(C)c1nc(CC(=O)NC2CCN(c3cccc(OC(F)(F)F)c3)C2=O)cs1. The molecular weight excluding hydrogens is 419 g/mol. The molecule has 10 heteroatoms. The predicted octanol–water partition coefficient (Wildman–Crippen LogP) is 3.80. The standard InChI is InChI=1S/C20H22F3N3O3S/c1-19(2,3)18-24-12(11-30-18)9-16(27)25-15-7-8-26(17(15)28)13-5-4-6-14(10-13)29-20(21,22)23/h4-6,10-11,15H,7-9H2,1-3H3,(H,25,27). The summed E-state index contributed by atoms with van der Waals surface area (Å²) in [5.41, 5.74) is 0.820. The van der Waals surface area contributed by atoms with Gasteiger partial charge in [0.2, 0.25) is 11.8 Å². The van der Waals surface area contributed by atoms with Crippen molar-refractivity contribution in [1.82, 2.24) is 10.3 Å². The van der Waals surface area contributed by atoms with Crippen LogP contribution in [-0.2, 0) is 21.4 Å². The molecule has 1 aromatic heterocycles. The van der Waals surface area contributed by atoms with Gasteiger partial charge in [0.1, 0.15) is 11.8 Å². The van der Waals surface area contributed by atoms with Gasteiger partial charge < -0.3 is 15.0 Å². The number of hydrogen-bond acceptors (Lipinski definition) is 5. The highest BCUT2D eigenvalue weighted by Gasteiger charge is 2.35. The van der Waals surface area contributed by atoms with E-state index in [0.29, 0.717) is 12.1 Å². The minimum Gasteiger partial charge on any atom is -0.406 e. The molecule has 1 aromatic carbocycles. The number of carbonyl (C=O) groups excluding carboxylic acids is 2. The molecule has 0 radical (unpaired) electrons. The molecule has 1 fully saturated rings. The normalized spacial score (nSPS) is 17.3. The zero-order valence-corrected chi connectivity index (χ0v) is 17.6. The minimum absolute atomic E-state index is 0.0608. The van der Waals surface area contributed by atoms with Crippen molar-refractivity contribution in [2.75, 3.05) is 11.4 Å². The Kier molecular flexibility index (Phi) is 6.07. The van der Waals surface area contributed by atoms with Gasteiger partial charge in [0.15, 0.2) is 0 Å². The third-order valence-corrected chi connectivity index (χ3v) is 5.76. The van der Waals surface area contributed by atoms with E-state index in [1.807, 2.05) is 26.2 Å². The van der Waals surface area contributed by atoms with Gasteiger partial charge in [-0.3, -0.25) is 9.59 Å². The summed E-state index contributed by atoms with van der Waals surface area (Å²) in [4.78, 5) is 30.8. The van der Waals surface area contributed by atoms with Crippen molar-refractivity contribution in [3.05, 3.63) is 40.3 Å². The summed E-state index contributed by atoms with van der Waals surface area (Å²) in [5.74, 6) is -1.10. The fourth-order valence-electron chi connectivity index (χ4n) is 3.06. The molecule has 1 aliphatic heterocycles. The van der Waals surface area contributed by atoms with E-state index in [2.05, 4.69) is 15.0 Å². The molecule has 1 saturated heterocycles. The number of halogens is 3. The van der Waals surface area contributed by atoms with Crippen molar-refractivity contribution >= 4 is 28.8 Å². The van der Waals surface area contributed by atoms with Crippen molar-refractivity contribution < 1.29 is 27.5 Å². The highest BCUT2D eigenvalue weighted by atomic mass is 32.1. The monoisotopic (exact) mass is 441 g/mol. The number of alkyl halides is 3. The van der Waals surface area contributed by atoms with Crippen molar-refractivity contribution in [2.24, 2.45) is 0 Å². The summed E-state index contributed by atoms with van der Waals surface area (Å²) in [7, 11) is 0. The van der Waals surface area contributed by atoms with Crippen LogP contribution in [0.3, 0.4) is 0 Å². The van der Waals surface area contributed by atoms with Gasteiger partial charge in [-0.25, -0.2) is 4.98 Å². The van der Waals surface area contributed by atoms with E-state index < -0.39 is 18.2 Å². The van der Waals surface area contributed by atoms with Crippen molar-refractivity contribution in [2.45, 2.75) is 51.4 Å². The molecule has 2 amide bonds. The fourth-order valence-corrected chi connectivity index (χ4v) is 3.97. The second kappa shape index (κ2) is 8.25. The van der Waals surface area contributed by atoms with E-state index in [-0.39, 0.29) is 35.9 Å². The van der Waals surface area contributed by atoms with Crippen LogP contribution in [0.4, 0.5) is 18.9 Å². The van der Waals surface area contributed by atoms with Gasteiger partial charge in [-0.05, 0) is 18.6 Å². The summed E-state index contributed by atoms with van der Waals surface area (Å²) < 4.78 is 41.2. The largest absolute Gasteiger partial charge is 0.573 e. The Morgan fingerprint density at radius 2 is 2.07 bits per heavy atom. The summed E-state index contributed by atoms with van der Waals surface area (Å²) in [6.45, 7) is 6.40. The van der Waals surface area contributed by atoms with Crippen molar-refractivity contribution in [1.29, 1.82) is 0 Å². The summed E-state index contributed by atoms with van der Waals surface area (Å²) in [5, 5.41) is 5.45.